The first-order valence-electron chi connectivity index (χ1n) is 6.61. The predicted molar refractivity (Wildman–Crippen MR) is 81.6 cm³/mol. The summed E-state index contributed by atoms with van der Waals surface area (Å²) >= 11 is 1.46. The van der Waals surface area contributed by atoms with Gasteiger partial charge < -0.3 is 10.4 Å². The number of benzene rings is 1. The summed E-state index contributed by atoms with van der Waals surface area (Å²) in [5.74, 6) is -1.12. The summed E-state index contributed by atoms with van der Waals surface area (Å²) in [6, 6.07) is 6.92. The van der Waals surface area contributed by atoms with Gasteiger partial charge in [-0.2, -0.15) is 0 Å². The Morgan fingerprint density at radius 1 is 1.29 bits per heavy atom. The van der Waals surface area contributed by atoms with Crippen molar-refractivity contribution in [2.45, 2.75) is 26.2 Å². The molecule has 2 N–H and O–H groups in total. The molecule has 0 spiro atoms. The van der Waals surface area contributed by atoms with Crippen molar-refractivity contribution in [1.29, 1.82) is 0 Å². The first-order chi connectivity index (χ1) is 10.1. The molecular weight excluding hydrogens is 288 g/mol. The normalized spacial score (nSPS) is 10.3. The smallest absolute Gasteiger partial charge is 0.307 e. The highest BCUT2D eigenvalue weighted by Gasteiger charge is 2.11. The Labute approximate surface area is 126 Å². The summed E-state index contributed by atoms with van der Waals surface area (Å²) < 4.78 is 0. The van der Waals surface area contributed by atoms with Crippen LogP contribution >= 0.6 is 11.3 Å². The van der Waals surface area contributed by atoms with Crippen molar-refractivity contribution in [3.05, 3.63) is 45.9 Å². The quantitative estimate of drug-likeness (QED) is 0.859. The van der Waals surface area contributed by atoms with Gasteiger partial charge in [-0.15, -0.1) is 11.3 Å². The van der Waals surface area contributed by atoms with Crippen LogP contribution in [-0.4, -0.2) is 22.0 Å². The summed E-state index contributed by atoms with van der Waals surface area (Å²) in [5, 5.41) is 14.3. The number of thiazole rings is 1. The van der Waals surface area contributed by atoms with Gasteiger partial charge >= 0.3 is 5.97 Å². The van der Waals surface area contributed by atoms with E-state index in [1.54, 1.807) is 24.3 Å². The number of carbonyl (C=O) groups is 2. The molecule has 0 bridgehead atoms. The maximum atomic E-state index is 12.0. The lowest BCUT2D eigenvalue weighted by Gasteiger charge is -2.08. The average Bonchev–Trinajstić information content (AvgIpc) is 2.88. The Balaban J connectivity index is 2.03. The first kappa shape index (κ1) is 15.2. The molecule has 0 aliphatic heterocycles. The van der Waals surface area contributed by atoms with E-state index in [9.17, 15) is 9.59 Å². The highest BCUT2D eigenvalue weighted by Crippen LogP contribution is 2.17. The standard InChI is InChI=1S/C15H16N2O3S/c1-2-11-9-21-14(16-11)8-13(18)17-12-6-4-3-5-10(12)7-15(19)20/h3-6,9H,2,7-8H2,1H3,(H,17,18)(H,19,20). The van der Waals surface area contributed by atoms with E-state index in [1.807, 2.05) is 12.3 Å². The third-order valence-corrected chi connectivity index (χ3v) is 3.80. The fraction of sp³-hybridized carbons (Fsp3) is 0.267. The molecule has 2 aromatic rings. The van der Waals surface area contributed by atoms with Crippen LogP contribution in [0.3, 0.4) is 0 Å². The number of carboxylic acid groups (broad SMARTS) is 1. The number of para-hydroxylation sites is 1. The van der Waals surface area contributed by atoms with E-state index < -0.39 is 5.97 Å². The molecule has 1 amide bonds. The van der Waals surface area contributed by atoms with Gasteiger partial charge in [0.05, 0.1) is 18.5 Å². The van der Waals surface area contributed by atoms with Crippen LogP contribution in [0, 0.1) is 0 Å². The predicted octanol–water partition coefficient (Wildman–Crippen LogP) is 2.51. The fourth-order valence-electron chi connectivity index (χ4n) is 1.88. The second-order valence-electron chi connectivity index (χ2n) is 4.54. The van der Waals surface area contributed by atoms with Crippen LogP contribution in [-0.2, 0) is 28.9 Å². The van der Waals surface area contributed by atoms with Gasteiger partial charge in [-0.1, -0.05) is 25.1 Å². The minimum atomic E-state index is -0.927. The average molecular weight is 304 g/mol. The fourth-order valence-corrected chi connectivity index (χ4v) is 2.76. The number of carboxylic acids is 1. The van der Waals surface area contributed by atoms with Crippen LogP contribution in [0.1, 0.15) is 23.2 Å². The van der Waals surface area contributed by atoms with Crippen LogP contribution in [0.25, 0.3) is 0 Å². The van der Waals surface area contributed by atoms with E-state index in [0.717, 1.165) is 17.1 Å². The van der Waals surface area contributed by atoms with Gasteiger partial charge in [0.25, 0.3) is 0 Å². The molecule has 0 aliphatic rings. The summed E-state index contributed by atoms with van der Waals surface area (Å²) in [5.41, 5.74) is 2.11. The van der Waals surface area contributed by atoms with E-state index in [0.29, 0.717) is 11.3 Å². The van der Waals surface area contributed by atoms with E-state index >= 15 is 0 Å². The van der Waals surface area contributed by atoms with Gasteiger partial charge in [0.2, 0.25) is 5.91 Å². The van der Waals surface area contributed by atoms with Crippen molar-refractivity contribution in [3.63, 3.8) is 0 Å². The van der Waals surface area contributed by atoms with Crippen molar-refractivity contribution in [3.8, 4) is 0 Å². The number of hydrogen-bond donors (Lipinski definition) is 2. The van der Waals surface area contributed by atoms with Gasteiger partial charge in [-0.3, -0.25) is 9.59 Å². The highest BCUT2D eigenvalue weighted by molar-refractivity contribution is 7.09. The number of hydrogen-bond acceptors (Lipinski definition) is 4. The highest BCUT2D eigenvalue weighted by atomic mass is 32.1. The monoisotopic (exact) mass is 304 g/mol. The molecule has 0 saturated carbocycles. The Morgan fingerprint density at radius 3 is 2.71 bits per heavy atom. The number of aromatic nitrogens is 1. The van der Waals surface area contributed by atoms with Crippen LogP contribution in [0.4, 0.5) is 5.69 Å². The summed E-state index contributed by atoms with van der Waals surface area (Å²) in [6.07, 6.45) is 0.930. The van der Waals surface area contributed by atoms with Crippen LogP contribution in [0.5, 0.6) is 0 Å². The van der Waals surface area contributed by atoms with Crippen LogP contribution in [0.15, 0.2) is 29.6 Å². The molecule has 1 heterocycles. The number of amides is 1. The molecule has 0 saturated heterocycles. The molecule has 0 unspecified atom stereocenters. The van der Waals surface area contributed by atoms with E-state index in [1.165, 1.54) is 11.3 Å². The van der Waals surface area contributed by atoms with E-state index in [-0.39, 0.29) is 18.7 Å². The minimum Gasteiger partial charge on any atom is -0.481 e. The summed E-state index contributed by atoms with van der Waals surface area (Å²) in [4.78, 5) is 27.2. The third kappa shape index (κ3) is 4.39. The molecule has 5 nitrogen and oxygen atoms in total. The molecule has 6 heteroatoms. The molecule has 1 aromatic heterocycles. The van der Waals surface area contributed by atoms with Crippen LogP contribution in [0.2, 0.25) is 0 Å². The molecular formula is C15H16N2O3S. The SMILES string of the molecule is CCc1csc(CC(=O)Nc2ccccc2CC(=O)O)n1. The molecule has 0 aliphatic carbocycles. The number of anilines is 1. The lowest BCUT2D eigenvalue weighted by Crippen LogP contribution is -2.16. The first-order valence-corrected chi connectivity index (χ1v) is 7.49. The van der Waals surface area contributed by atoms with Crippen molar-refractivity contribution >= 4 is 28.9 Å². The number of aliphatic carboxylic acids is 1. The zero-order chi connectivity index (χ0) is 15.2. The largest absolute Gasteiger partial charge is 0.481 e. The minimum absolute atomic E-state index is 0.117. The second kappa shape index (κ2) is 6.99. The van der Waals surface area contributed by atoms with Gasteiger partial charge in [-0.05, 0) is 18.1 Å². The third-order valence-electron chi connectivity index (χ3n) is 2.91. The molecule has 0 atom stereocenters. The van der Waals surface area contributed by atoms with Gasteiger partial charge in [0.1, 0.15) is 5.01 Å². The van der Waals surface area contributed by atoms with Crippen molar-refractivity contribution in [2.24, 2.45) is 0 Å². The molecule has 0 fully saturated rings. The lowest BCUT2D eigenvalue weighted by atomic mass is 10.1. The van der Waals surface area contributed by atoms with Crippen LogP contribution < -0.4 is 5.32 Å². The van der Waals surface area contributed by atoms with E-state index in [2.05, 4.69) is 10.3 Å². The Bertz CT molecular complexity index is 652. The summed E-state index contributed by atoms with van der Waals surface area (Å²) in [6.45, 7) is 2.01. The number of rotatable bonds is 6. The Kier molecular flexibility index (Phi) is 5.05. The maximum Gasteiger partial charge on any atom is 0.307 e. The van der Waals surface area contributed by atoms with Crippen molar-refractivity contribution in [1.82, 2.24) is 4.98 Å². The molecule has 2 rings (SSSR count). The number of nitrogens with one attached hydrogen (secondary N) is 1. The molecule has 0 radical (unpaired) electrons. The Morgan fingerprint density at radius 2 is 2.05 bits per heavy atom. The number of aryl methyl sites for hydroxylation is 1. The number of carbonyl (C=O) groups excluding carboxylic acids is 1. The van der Waals surface area contributed by atoms with Crippen molar-refractivity contribution in [2.75, 3.05) is 5.32 Å². The Hall–Kier alpha value is -2.21. The maximum absolute atomic E-state index is 12.0. The molecule has 21 heavy (non-hydrogen) atoms. The molecule has 110 valence electrons. The topological polar surface area (TPSA) is 79.3 Å². The molecule has 1 aromatic carbocycles. The van der Waals surface area contributed by atoms with Gasteiger partial charge in [0, 0.05) is 11.1 Å². The number of nitrogens with zero attached hydrogens (tertiary/aromatic N) is 1. The zero-order valence-electron chi connectivity index (χ0n) is 11.6. The zero-order valence-corrected chi connectivity index (χ0v) is 12.4. The van der Waals surface area contributed by atoms with E-state index in [4.69, 9.17) is 5.11 Å². The second-order valence-corrected chi connectivity index (χ2v) is 5.48. The lowest BCUT2D eigenvalue weighted by molar-refractivity contribution is -0.136. The van der Waals surface area contributed by atoms with Crippen molar-refractivity contribution < 1.29 is 14.7 Å². The van der Waals surface area contributed by atoms with Gasteiger partial charge in [0.15, 0.2) is 0 Å². The summed E-state index contributed by atoms with van der Waals surface area (Å²) in [7, 11) is 0. The van der Waals surface area contributed by atoms with Gasteiger partial charge in [-0.25, -0.2) is 4.98 Å².